The summed E-state index contributed by atoms with van der Waals surface area (Å²) in [4.78, 5) is 5.28. The molecular formula is C15H21ClN2. The molecule has 2 aliphatic heterocycles. The number of hydrogen-bond acceptors (Lipinski definition) is 2. The van der Waals surface area contributed by atoms with Crippen LogP contribution >= 0.6 is 11.6 Å². The van der Waals surface area contributed by atoms with E-state index in [0.29, 0.717) is 6.04 Å². The second kappa shape index (κ2) is 5.20. The number of rotatable bonds is 2. The predicted octanol–water partition coefficient (Wildman–Crippen LogP) is 3.01. The molecule has 0 radical (unpaired) electrons. The first-order valence-electron chi connectivity index (χ1n) is 6.96. The van der Waals surface area contributed by atoms with E-state index in [0.717, 1.165) is 17.6 Å². The maximum absolute atomic E-state index is 6.06. The van der Waals surface area contributed by atoms with Crippen molar-refractivity contribution in [3.8, 4) is 0 Å². The molecule has 0 aromatic heterocycles. The summed E-state index contributed by atoms with van der Waals surface area (Å²) in [6, 6.07) is 9.71. The molecule has 18 heavy (non-hydrogen) atoms. The van der Waals surface area contributed by atoms with Crippen molar-refractivity contribution in [2.45, 2.75) is 38.4 Å². The van der Waals surface area contributed by atoms with Gasteiger partial charge >= 0.3 is 0 Å². The van der Waals surface area contributed by atoms with E-state index in [2.05, 4.69) is 28.9 Å². The van der Waals surface area contributed by atoms with Crippen molar-refractivity contribution in [3.63, 3.8) is 0 Å². The fourth-order valence-electron chi connectivity index (χ4n) is 3.47. The minimum atomic E-state index is 0.667. The van der Waals surface area contributed by atoms with Crippen LogP contribution in [0, 0.1) is 0 Å². The Bertz CT molecular complexity index is 421. The summed E-state index contributed by atoms with van der Waals surface area (Å²) in [5, 5.41) is 0.847. The molecule has 2 fully saturated rings. The summed E-state index contributed by atoms with van der Waals surface area (Å²) < 4.78 is 0. The van der Waals surface area contributed by atoms with Crippen LogP contribution in [0.25, 0.3) is 0 Å². The van der Waals surface area contributed by atoms with Gasteiger partial charge in [0.15, 0.2) is 0 Å². The van der Waals surface area contributed by atoms with Crippen molar-refractivity contribution in [1.29, 1.82) is 0 Å². The normalized spacial score (nSPS) is 29.4. The average molecular weight is 265 g/mol. The third-order valence-corrected chi connectivity index (χ3v) is 4.73. The van der Waals surface area contributed by atoms with Crippen LogP contribution in [-0.2, 0) is 6.54 Å². The summed E-state index contributed by atoms with van der Waals surface area (Å²) in [6.07, 6.45) is 2.74. The second-order valence-corrected chi connectivity index (χ2v) is 6.02. The fourth-order valence-corrected chi connectivity index (χ4v) is 3.69. The summed E-state index contributed by atoms with van der Waals surface area (Å²) >= 11 is 6.06. The fraction of sp³-hybridized carbons (Fsp3) is 0.600. The lowest BCUT2D eigenvalue weighted by Crippen LogP contribution is -2.55. The molecule has 2 heterocycles. The van der Waals surface area contributed by atoms with Gasteiger partial charge in [-0.25, -0.2) is 0 Å². The van der Waals surface area contributed by atoms with Gasteiger partial charge in [-0.3, -0.25) is 9.80 Å². The lowest BCUT2D eigenvalue weighted by atomic mass is 10.0. The third kappa shape index (κ3) is 2.42. The van der Waals surface area contributed by atoms with Gasteiger partial charge in [0.1, 0.15) is 0 Å². The Morgan fingerprint density at radius 2 is 2.17 bits per heavy atom. The molecule has 3 rings (SSSR count). The lowest BCUT2D eigenvalue weighted by Gasteiger charge is -2.43. The number of hydrogen-bond donors (Lipinski definition) is 0. The maximum atomic E-state index is 6.06. The molecule has 0 saturated carbocycles. The summed E-state index contributed by atoms with van der Waals surface area (Å²) in [7, 11) is 0. The zero-order valence-electron chi connectivity index (χ0n) is 11.0. The van der Waals surface area contributed by atoms with Crippen molar-refractivity contribution in [3.05, 3.63) is 34.9 Å². The van der Waals surface area contributed by atoms with Gasteiger partial charge in [0.2, 0.25) is 0 Å². The quantitative estimate of drug-likeness (QED) is 0.810. The Kier molecular flexibility index (Phi) is 3.60. The molecule has 3 heteroatoms. The van der Waals surface area contributed by atoms with E-state index < -0.39 is 0 Å². The molecule has 0 N–H and O–H groups in total. The molecule has 0 unspecified atom stereocenters. The van der Waals surface area contributed by atoms with E-state index in [-0.39, 0.29) is 0 Å². The van der Waals surface area contributed by atoms with Crippen LogP contribution in [0.1, 0.15) is 25.3 Å². The van der Waals surface area contributed by atoms with Crippen molar-refractivity contribution in [2.75, 3.05) is 19.6 Å². The van der Waals surface area contributed by atoms with Gasteiger partial charge in [-0.2, -0.15) is 0 Å². The maximum Gasteiger partial charge on any atom is 0.0409 e. The van der Waals surface area contributed by atoms with Crippen LogP contribution in [-0.4, -0.2) is 41.5 Å². The molecular weight excluding hydrogens is 244 g/mol. The second-order valence-electron chi connectivity index (χ2n) is 5.59. The van der Waals surface area contributed by atoms with Gasteiger partial charge < -0.3 is 0 Å². The Labute approximate surface area is 115 Å². The Balaban J connectivity index is 1.69. The number of fused-ring (bicyclic) bond motifs is 1. The van der Waals surface area contributed by atoms with Gasteiger partial charge in [0.25, 0.3) is 0 Å². The molecule has 1 aromatic rings. The number of benzene rings is 1. The zero-order valence-corrected chi connectivity index (χ0v) is 11.7. The van der Waals surface area contributed by atoms with Gasteiger partial charge in [0.05, 0.1) is 0 Å². The van der Waals surface area contributed by atoms with Gasteiger partial charge in [-0.05, 0) is 44.0 Å². The van der Waals surface area contributed by atoms with E-state index in [9.17, 15) is 0 Å². The van der Waals surface area contributed by atoms with E-state index in [1.165, 1.54) is 38.0 Å². The summed E-state index contributed by atoms with van der Waals surface area (Å²) in [6.45, 7) is 7.14. The highest BCUT2D eigenvalue weighted by Crippen LogP contribution is 2.27. The van der Waals surface area contributed by atoms with E-state index in [1.54, 1.807) is 0 Å². The van der Waals surface area contributed by atoms with Crippen molar-refractivity contribution >= 4 is 11.6 Å². The first-order chi connectivity index (χ1) is 8.74. The van der Waals surface area contributed by atoms with Gasteiger partial charge in [-0.1, -0.05) is 23.7 Å². The van der Waals surface area contributed by atoms with Crippen molar-refractivity contribution < 1.29 is 0 Å². The predicted molar refractivity (Wildman–Crippen MR) is 75.9 cm³/mol. The average Bonchev–Trinajstić information content (AvgIpc) is 2.82. The lowest BCUT2D eigenvalue weighted by molar-refractivity contribution is 0.0470. The van der Waals surface area contributed by atoms with Crippen LogP contribution in [0.4, 0.5) is 0 Å². The molecule has 0 amide bonds. The molecule has 2 saturated heterocycles. The molecule has 2 nitrogen and oxygen atoms in total. The molecule has 2 atom stereocenters. The summed E-state index contributed by atoms with van der Waals surface area (Å²) in [5.74, 6) is 0. The van der Waals surface area contributed by atoms with Crippen LogP contribution in [0.3, 0.4) is 0 Å². The van der Waals surface area contributed by atoms with Crippen LogP contribution in [0.2, 0.25) is 5.02 Å². The Hall–Kier alpha value is -0.570. The van der Waals surface area contributed by atoms with Crippen molar-refractivity contribution in [1.82, 2.24) is 9.80 Å². The highest BCUT2D eigenvalue weighted by molar-refractivity contribution is 6.30. The number of piperazine rings is 1. The molecule has 2 aliphatic rings. The highest BCUT2D eigenvalue weighted by Gasteiger charge is 2.36. The molecule has 0 bridgehead atoms. The van der Waals surface area contributed by atoms with Crippen molar-refractivity contribution in [2.24, 2.45) is 0 Å². The van der Waals surface area contributed by atoms with E-state index in [4.69, 9.17) is 11.6 Å². The molecule has 0 spiro atoms. The monoisotopic (exact) mass is 264 g/mol. The summed E-state index contributed by atoms with van der Waals surface area (Å²) in [5.41, 5.74) is 1.33. The van der Waals surface area contributed by atoms with Crippen LogP contribution < -0.4 is 0 Å². The van der Waals surface area contributed by atoms with Crippen LogP contribution in [0.15, 0.2) is 24.3 Å². The number of halogens is 1. The minimum absolute atomic E-state index is 0.667. The molecule has 98 valence electrons. The standard InChI is InChI=1S/C15H21ClN2/c1-12-15-6-3-7-17(15)8-9-18(12)11-13-4-2-5-14(16)10-13/h2,4-5,10,12,15H,3,6-9,11H2,1H3/t12-,15+/m0/s1. The first kappa shape index (κ1) is 12.5. The highest BCUT2D eigenvalue weighted by atomic mass is 35.5. The first-order valence-corrected chi connectivity index (χ1v) is 7.34. The molecule has 1 aromatic carbocycles. The van der Waals surface area contributed by atoms with E-state index in [1.807, 2.05) is 12.1 Å². The Morgan fingerprint density at radius 3 is 3.00 bits per heavy atom. The smallest absolute Gasteiger partial charge is 0.0409 e. The largest absolute Gasteiger partial charge is 0.298 e. The third-order valence-electron chi connectivity index (χ3n) is 4.50. The molecule has 0 aliphatic carbocycles. The van der Waals surface area contributed by atoms with Gasteiger partial charge in [0, 0.05) is 36.7 Å². The number of nitrogens with zero attached hydrogens (tertiary/aromatic N) is 2. The minimum Gasteiger partial charge on any atom is -0.298 e. The zero-order chi connectivity index (χ0) is 12.5. The SMILES string of the molecule is C[C@H]1[C@H]2CCCN2CCN1Cc1cccc(Cl)c1. The van der Waals surface area contributed by atoms with Gasteiger partial charge in [-0.15, -0.1) is 0 Å². The van der Waals surface area contributed by atoms with Crippen LogP contribution in [0.5, 0.6) is 0 Å². The van der Waals surface area contributed by atoms with E-state index >= 15 is 0 Å². The topological polar surface area (TPSA) is 6.48 Å². The Morgan fingerprint density at radius 1 is 1.28 bits per heavy atom.